The summed E-state index contributed by atoms with van der Waals surface area (Å²) >= 11 is 4.81. The van der Waals surface area contributed by atoms with E-state index in [0.29, 0.717) is 32.6 Å². The highest BCUT2D eigenvalue weighted by Crippen LogP contribution is 2.39. The summed E-state index contributed by atoms with van der Waals surface area (Å²) in [5, 5.41) is 9.42. The van der Waals surface area contributed by atoms with Crippen LogP contribution in [0, 0.1) is 11.3 Å². The molecule has 0 aromatic heterocycles. The summed E-state index contributed by atoms with van der Waals surface area (Å²) in [7, 11) is 1.53. The molecule has 2 aromatic rings. The van der Waals surface area contributed by atoms with Crippen LogP contribution in [-0.2, 0) is 4.79 Å². The van der Waals surface area contributed by atoms with Crippen LogP contribution in [0.15, 0.2) is 56.8 Å². The van der Waals surface area contributed by atoms with Crippen molar-refractivity contribution in [3.05, 3.63) is 57.4 Å². The van der Waals surface area contributed by atoms with Crippen molar-refractivity contribution in [1.82, 2.24) is 4.90 Å². The average molecular weight is 486 g/mol. The lowest BCUT2D eigenvalue weighted by Gasteiger charge is -2.14. The van der Waals surface area contributed by atoms with E-state index in [9.17, 15) is 4.79 Å². The number of hydrogen-bond donors (Lipinski definition) is 0. The normalized spacial score (nSPS) is 16.2. The van der Waals surface area contributed by atoms with Crippen molar-refractivity contribution in [3.63, 3.8) is 0 Å². The number of amides is 1. The molecule has 1 heterocycles. The monoisotopic (exact) mass is 485 g/mol. The SMILES string of the molecule is CCCN1C(=O)/C(=C\c2cc(Br)c(OCC#N)c(OC)c2)SC1=Nc1ccccc1. The van der Waals surface area contributed by atoms with Gasteiger partial charge in [0.25, 0.3) is 5.91 Å². The number of nitrogens with zero attached hydrogens (tertiary/aromatic N) is 3. The minimum atomic E-state index is -0.0883. The summed E-state index contributed by atoms with van der Waals surface area (Å²) in [6.45, 7) is 2.54. The van der Waals surface area contributed by atoms with E-state index >= 15 is 0 Å². The van der Waals surface area contributed by atoms with Crippen LogP contribution >= 0.6 is 27.7 Å². The van der Waals surface area contributed by atoms with E-state index in [4.69, 9.17) is 14.7 Å². The molecule has 1 aliphatic rings. The Morgan fingerprint density at radius 3 is 2.73 bits per heavy atom. The molecule has 1 aliphatic heterocycles. The first-order valence-corrected chi connectivity index (χ1v) is 10.9. The topological polar surface area (TPSA) is 74.9 Å². The first-order chi connectivity index (χ1) is 14.6. The van der Waals surface area contributed by atoms with Crippen molar-refractivity contribution in [1.29, 1.82) is 5.26 Å². The zero-order valence-electron chi connectivity index (χ0n) is 16.6. The maximum absolute atomic E-state index is 13.0. The fourth-order valence-corrected chi connectivity index (χ4v) is 4.44. The standard InChI is InChI=1S/C22H20BrN3O3S/c1-3-10-26-21(27)19(30-22(26)25-16-7-5-4-6-8-16)14-15-12-17(23)20(29-11-9-24)18(13-15)28-2/h4-8,12-14H,3,10-11H2,1-2H3/b19-14+,25-22?. The summed E-state index contributed by atoms with van der Waals surface area (Å²) in [6, 6.07) is 15.1. The van der Waals surface area contributed by atoms with E-state index in [-0.39, 0.29) is 12.5 Å². The molecular weight excluding hydrogens is 466 g/mol. The first-order valence-electron chi connectivity index (χ1n) is 9.29. The summed E-state index contributed by atoms with van der Waals surface area (Å²) in [5.41, 5.74) is 1.58. The van der Waals surface area contributed by atoms with Crippen LogP contribution in [0.4, 0.5) is 5.69 Å². The molecule has 154 valence electrons. The maximum atomic E-state index is 13.0. The van der Waals surface area contributed by atoms with Crippen molar-refractivity contribution in [2.45, 2.75) is 13.3 Å². The van der Waals surface area contributed by atoms with Crippen LogP contribution in [0.2, 0.25) is 0 Å². The van der Waals surface area contributed by atoms with Gasteiger partial charge in [-0.05, 0) is 70.0 Å². The number of methoxy groups -OCH3 is 1. The molecular formula is C22H20BrN3O3S. The molecule has 30 heavy (non-hydrogen) atoms. The van der Waals surface area contributed by atoms with E-state index < -0.39 is 0 Å². The predicted octanol–water partition coefficient (Wildman–Crippen LogP) is 5.37. The first kappa shape index (κ1) is 21.9. The number of hydrogen-bond acceptors (Lipinski definition) is 6. The largest absolute Gasteiger partial charge is 0.493 e. The molecule has 3 rings (SSSR count). The van der Waals surface area contributed by atoms with E-state index in [1.54, 1.807) is 11.0 Å². The summed E-state index contributed by atoms with van der Waals surface area (Å²) in [4.78, 5) is 19.9. The Morgan fingerprint density at radius 1 is 1.30 bits per heavy atom. The molecule has 0 unspecified atom stereocenters. The van der Waals surface area contributed by atoms with Crippen molar-refractivity contribution in [2.24, 2.45) is 4.99 Å². The van der Waals surface area contributed by atoms with Gasteiger partial charge >= 0.3 is 0 Å². The van der Waals surface area contributed by atoms with Gasteiger partial charge in [-0.2, -0.15) is 5.26 Å². The number of amidine groups is 1. The van der Waals surface area contributed by atoms with Crippen molar-refractivity contribution in [2.75, 3.05) is 20.3 Å². The summed E-state index contributed by atoms with van der Waals surface area (Å²) < 4.78 is 11.5. The lowest BCUT2D eigenvalue weighted by molar-refractivity contribution is -0.122. The Morgan fingerprint density at radius 2 is 2.07 bits per heavy atom. The number of ether oxygens (including phenoxy) is 2. The van der Waals surface area contributed by atoms with Gasteiger partial charge in [-0.3, -0.25) is 9.69 Å². The second-order valence-electron chi connectivity index (χ2n) is 6.28. The third-order valence-corrected chi connectivity index (χ3v) is 5.74. The van der Waals surface area contributed by atoms with Crippen LogP contribution in [0.5, 0.6) is 11.5 Å². The molecule has 0 spiro atoms. The van der Waals surface area contributed by atoms with E-state index in [2.05, 4.69) is 20.9 Å². The van der Waals surface area contributed by atoms with Crippen LogP contribution in [-0.4, -0.2) is 36.2 Å². The number of nitriles is 1. The van der Waals surface area contributed by atoms with Crippen LogP contribution in [0.3, 0.4) is 0 Å². The number of para-hydroxylation sites is 1. The van der Waals surface area contributed by atoms with E-state index in [0.717, 1.165) is 17.7 Å². The number of aliphatic imine (C=N–C) groups is 1. The van der Waals surface area contributed by atoms with Crippen molar-refractivity contribution in [3.8, 4) is 17.6 Å². The Hall–Kier alpha value is -2.76. The second-order valence-corrected chi connectivity index (χ2v) is 8.14. The lowest BCUT2D eigenvalue weighted by atomic mass is 10.2. The number of carbonyl (C=O) groups is 1. The number of benzene rings is 2. The van der Waals surface area contributed by atoms with Gasteiger partial charge in [-0.25, -0.2) is 4.99 Å². The van der Waals surface area contributed by atoms with Gasteiger partial charge in [0, 0.05) is 6.54 Å². The highest BCUT2D eigenvalue weighted by atomic mass is 79.9. The van der Waals surface area contributed by atoms with Crippen LogP contribution in [0.1, 0.15) is 18.9 Å². The molecule has 0 N–H and O–H groups in total. The Bertz CT molecular complexity index is 1030. The molecule has 1 fully saturated rings. The smallest absolute Gasteiger partial charge is 0.266 e. The Balaban J connectivity index is 1.95. The Labute approximate surface area is 188 Å². The third kappa shape index (κ3) is 5.04. The second kappa shape index (κ2) is 10.3. The van der Waals surface area contributed by atoms with Crippen LogP contribution in [0.25, 0.3) is 6.08 Å². The molecule has 2 aromatic carbocycles. The minimum absolute atomic E-state index is 0.0728. The summed E-state index contributed by atoms with van der Waals surface area (Å²) in [5.74, 6) is 0.854. The van der Waals surface area contributed by atoms with E-state index in [1.807, 2.05) is 55.5 Å². The minimum Gasteiger partial charge on any atom is -0.493 e. The molecule has 0 atom stereocenters. The van der Waals surface area contributed by atoms with Gasteiger partial charge in [-0.15, -0.1) is 0 Å². The van der Waals surface area contributed by atoms with Gasteiger partial charge < -0.3 is 9.47 Å². The molecule has 0 radical (unpaired) electrons. The number of thioether (sulfide) groups is 1. The number of carbonyl (C=O) groups excluding carboxylic acids is 1. The van der Waals surface area contributed by atoms with Gasteiger partial charge in [0.1, 0.15) is 6.07 Å². The molecule has 0 saturated carbocycles. The van der Waals surface area contributed by atoms with Crippen molar-refractivity contribution < 1.29 is 14.3 Å². The zero-order valence-corrected chi connectivity index (χ0v) is 19.0. The molecule has 1 saturated heterocycles. The number of rotatable bonds is 7. The molecule has 0 aliphatic carbocycles. The number of halogens is 1. The fourth-order valence-electron chi connectivity index (χ4n) is 2.84. The fraction of sp³-hybridized carbons (Fsp3) is 0.227. The average Bonchev–Trinajstić information content (AvgIpc) is 3.02. The van der Waals surface area contributed by atoms with Gasteiger partial charge in [0.05, 0.1) is 22.2 Å². The highest BCUT2D eigenvalue weighted by molar-refractivity contribution is 9.10. The Kier molecular flexibility index (Phi) is 7.55. The van der Waals surface area contributed by atoms with Crippen LogP contribution < -0.4 is 9.47 Å². The summed E-state index contributed by atoms with van der Waals surface area (Å²) in [6.07, 6.45) is 2.64. The molecule has 1 amide bonds. The quantitative estimate of drug-likeness (QED) is 0.492. The van der Waals surface area contributed by atoms with Crippen molar-refractivity contribution >= 4 is 50.5 Å². The maximum Gasteiger partial charge on any atom is 0.266 e. The van der Waals surface area contributed by atoms with E-state index in [1.165, 1.54) is 18.9 Å². The highest BCUT2D eigenvalue weighted by Gasteiger charge is 2.32. The predicted molar refractivity (Wildman–Crippen MR) is 123 cm³/mol. The molecule has 6 nitrogen and oxygen atoms in total. The molecule has 0 bridgehead atoms. The molecule has 8 heteroatoms. The van der Waals surface area contributed by atoms with Gasteiger partial charge in [-0.1, -0.05) is 25.1 Å². The lowest BCUT2D eigenvalue weighted by Crippen LogP contribution is -2.29. The third-order valence-electron chi connectivity index (χ3n) is 4.15. The zero-order chi connectivity index (χ0) is 21.5. The van der Waals surface area contributed by atoms with Gasteiger partial charge in [0.15, 0.2) is 23.3 Å². The van der Waals surface area contributed by atoms with Gasteiger partial charge in [0.2, 0.25) is 0 Å².